The van der Waals surface area contributed by atoms with E-state index in [9.17, 15) is 4.79 Å². The van der Waals surface area contributed by atoms with Crippen molar-refractivity contribution in [3.05, 3.63) is 52.8 Å². The maximum absolute atomic E-state index is 12.0. The Balaban J connectivity index is 1.74. The van der Waals surface area contributed by atoms with Gasteiger partial charge in [-0.05, 0) is 18.1 Å². The van der Waals surface area contributed by atoms with Crippen LogP contribution in [0.4, 0.5) is 0 Å². The summed E-state index contributed by atoms with van der Waals surface area (Å²) in [6.45, 7) is 2.29. The number of halogens is 1. The van der Waals surface area contributed by atoms with E-state index in [0.29, 0.717) is 17.1 Å². The summed E-state index contributed by atoms with van der Waals surface area (Å²) in [4.78, 5) is 13.8. The number of aromatic nitrogens is 2. The van der Waals surface area contributed by atoms with Crippen LogP contribution in [-0.4, -0.2) is 33.7 Å². The van der Waals surface area contributed by atoms with Gasteiger partial charge in [0.15, 0.2) is 0 Å². The summed E-state index contributed by atoms with van der Waals surface area (Å²) in [6.07, 6.45) is 4.50. The Kier molecular flexibility index (Phi) is 3.25. The zero-order valence-electron chi connectivity index (χ0n) is 10.4. The van der Waals surface area contributed by atoms with Crippen molar-refractivity contribution < 1.29 is 4.79 Å². The van der Waals surface area contributed by atoms with E-state index in [0.717, 1.165) is 25.1 Å². The predicted octanol–water partition coefficient (Wildman–Crippen LogP) is 2.43. The number of amides is 1. The number of nitrogens with zero attached hydrogens (tertiary/aromatic N) is 3. The minimum atomic E-state index is 0.0664. The van der Waals surface area contributed by atoms with Gasteiger partial charge in [-0.2, -0.15) is 5.10 Å². The average molecular weight is 276 g/mol. The van der Waals surface area contributed by atoms with Gasteiger partial charge >= 0.3 is 0 Å². The molecule has 0 atom stereocenters. The fourth-order valence-corrected chi connectivity index (χ4v) is 2.26. The summed E-state index contributed by atoms with van der Waals surface area (Å²) in [6, 6.07) is 7.65. The van der Waals surface area contributed by atoms with Crippen LogP contribution in [0.25, 0.3) is 0 Å². The molecular formula is C14H14ClN3O. The first-order valence-electron chi connectivity index (χ1n) is 6.29. The first-order valence-corrected chi connectivity index (χ1v) is 6.67. The van der Waals surface area contributed by atoms with Gasteiger partial charge in [-0.25, -0.2) is 0 Å². The Hall–Kier alpha value is -1.81. The van der Waals surface area contributed by atoms with Crippen LogP contribution in [0.15, 0.2) is 36.7 Å². The highest BCUT2D eigenvalue weighted by atomic mass is 35.5. The minimum absolute atomic E-state index is 0.0664. The van der Waals surface area contributed by atoms with Gasteiger partial charge in [0.2, 0.25) is 0 Å². The maximum Gasteiger partial charge on any atom is 0.257 e. The number of hydrogen-bond acceptors (Lipinski definition) is 2. The molecule has 1 aromatic heterocycles. The van der Waals surface area contributed by atoms with Gasteiger partial charge in [-0.3, -0.25) is 9.48 Å². The van der Waals surface area contributed by atoms with E-state index < -0.39 is 0 Å². The fourth-order valence-electron chi connectivity index (χ4n) is 2.06. The van der Waals surface area contributed by atoms with Crippen molar-refractivity contribution in [1.29, 1.82) is 0 Å². The number of carbonyl (C=O) groups is 1. The number of rotatable bonds is 3. The van der Waals surface area contributed by atoms with Crippen molar-refractivity contribution in [2.24, 2.45) is 0 Å². The van der Waals surface area contributed by atoms with Crippen molar-refractivity contribution in [1.82, 2.24) is 14.7 Å². The third kappa shape index (κ3) is 2.49. The molecule has 0 unspecified atom stereocenters. The first-order chi connectivity index (χ1) is 9.24. The van der Waals surface area contributed by atoms with Gasteiger partial charge in [0.05, 0.1) is 18.3 Å². The molecule has 1 aromatic carbocycles. The lowest BCUT2D eigenvalue weighted by Gasteiger charge is -2.30. The Morgan fingerprint density at radius 3 is 2.79 bits per heavy atom. The zero-order valence-corrected chi connectivity index (χ0v) is 11.2. The monoisotopic (exact) mass is 275 g/mol. The molecule has 0 spiro atoms. The normalized spacial score (nSPS) is 14.3. The van der Waals surface area contributed by atoms with Gasteiger partial charge in [0.25, 0.3) is 5.91 Å². The SMILES string of the molecule is O=C(c1cnn(Cc2ccccc2Cl)c1)N1CCC1. The molecule has 1 aliphatic heterocycles. The van der Waals surface area contributed by atoms with E-state index in [1.807, 2.05) is 29.2 Å². The molecular weight excluding hydrogens is 262 g/mol. The van der Waals surface area contributed by atoms with Crippen molar-refractivity contribution in [2.75, 3.05) is 13.1 Å². The quantitative estimate of drug-likeness (QED) is 0.863. The maximum atomic E-state index is 12.0. The van der Waals surface area contributed by atoms with E-state index in [1.54, 1.807) is 17.1 Å². The summed E-state index contributed by atoms with van der Waals surface area (Å²) in [5.74, 6) is 0.0664. The van der Waals surface area contributed by atoms with Gasteiger partial charge in [0, 0.05) is 24.3 Å². The molecule has 0 N–H and O–H groups in total. The first kappa shape index (κ1) is 12.2. The van der Waals surface area contributed by atoms with Crippen LogP contribution in [-0.2, 0) is 6.54 Å². The van der Waals surface area contributed by atoms with Crippen LogP contribution in [0.3, 0.4) is 0 Å². The molecule has 0 radical (unpaired) electrons. The molecule has 1 aliphatic rings. The van der Waals surface area contributed by atoms with Crippen molar-refractivity contribution in [3.8, 4) is 0 Å². The van der Waals surface area contributed by atoms with Gasteiger partial charge in [-0.1, -0.05) is 29.8 Å². The smallest absolute Gasteiger partial charge is 0.257 e. The molecule has 2 heterocycles. The van der Waals surface area contributed by atoms with Crippen LogP contribution in [0.2, 0.25) is 5.02 Å². The van der Waals surface area contributed by atoms with Gasteiger partial charge < -0.3 is 4.90 Å². The lowest BCUT2D eigenvalue weighted by molar-refractivity contribution is 0.0651. The fraction of sp³-hybridized carbons (Fsp3) is 0.286. The highest BCUT2D eigenvalue weighted by Gasteiger charge is 2.22. The third-order valence-corrected chi connectivity index (χ3v) is 3.68. The molecule has 4 nitrogen and oxygen atoms in total. The molecule has 1 saturated heterocycles. The molecule has 0 bridgehead atoms. The van der Waals surface area contributed by atoms with Crippen LogP contribution < -0.4 is 0 Å². The van der Waals surface area contributed by atoms with Crippen molar-refractivity contribution in [3.63, 3.8) is 0 Å². The largest absolute Gasteiger partial charge is 0.338 e. The number of likely N-dealkylation sites (tertiary alicyclic amines) is 1. The second-order valence-electron chi connectivity index (χ2n) is 4.66. The van der Waals surface area contributed by atoms with Crippen molar-refractivity contribution >= 4 is 17.5 Å². The van der Waals surface area contributed by atoms with E-state index in [1.165, 1.54) is 0 Å². The summed E-state index contributed by atoms with van der Waals surface area (Å²) in [5.41, 5.74) is 1.64. The Labute approximate surface area is 116 Å². The van der Waals surface area contributed by atoms with Crippen LogP contribution >= 0.6 is 11.6 Å². The molecule has 5 heteroatoms. The number of hydrogen-bond donors (Lipinski definition) is 0. The van der Waals surface area contributed by atoms with Crippen LogP contribution in [0, 0.1) is 0 Å². The molecule has 0 aliphatic carbocycles. The lowest BCUT2D eigenvalue weighted by Crippen LogP contribution is -2.41. The number of carbonyl (C=O) groups excluding carboxylic acids is 1. The molecule has 1 fully saturated rings. The van der Waals surface area contributed by atoms with Crippen LogP contribution in [0.5, 0.6) is 0 Å². The Bertz CT molecular complexity index is 604. The third-order valence-electron chi connectivity index (χ3n) is 3.31. The lowest BCUT2D eigenvalue weighted by atomic mass is 10.2. The highest BCUT2D eigenvalue weighted by molar-refractivity contribution is 6.31. The molecule has 19 heavy (non-hydrogen) atoms. The van der Waals surface area contributed by atoms with E-state index in [-0.39, 0.29) is 5.91 Å². The van der Waals surface area contributed by atoms with Gasteiger partial charge in [-0.15, -0.1) is 0 Å². The Morgan fingerprint density at radius 1 is 1.32 bits per heavy atom. The highest BCUT2D eigenvalue weighted by Crippen LogP contribution is 2.17. The summed E-state index contributed by atoms with van der Waals surface area (Å²) in [5, 5.41) is 4.94. The average Bonchev–Trinajstić information content (AvgIpc) is 2.78. The molecule has 3 rings (SSSR count). The zero-order chi connectivity index (χ0) is 13.2. The number of benzene rings is 1. The van der Waals surface area contributed by atoms with Crippen LogP contribution in [0.1, 0.15) is 22.3 Å². The standard InChI is InChI=1S/C14H14ClN3O/c15-13-5-2-1-4-11(13)9-18-10-12(8-16-18)14(19)17-6-3-7-17/h1-2,4-5,8,10H,3,6-7,9H2. The molecule has 2 aromatic rings. The van der Waals surface area contributed by atoms with Gasteiger partial charge in [0.1, 0.15) is 0 Å². The van der Waals surface area contributed by atoms with E-state index in [2.05, 4.69) is 5.10 Å². The summed E-state index contributed by atoms with van der Waals surface area (Å²) < 4.78 is 1.74. The predicted molar refractivity (Wildman–Crippen MR) is 73.3 cm³/mol. The Morgan fingerprint density at radius 2 is 2.11 bits per heavy atom. The topological polar surface area (TPSA) is 38.1 Å². The minimum Gasteiger partial charge on any atom is -0.338 e. The molecule has 98 valence electrons. The summed E-state index contributed by atoms with van der Waals surface area (Å²) >= 11 is 6.11. The van der Waals surface area contributed by atoms with Crippen molar-refractivity contribution in [2.45, 2.75) is 13.0 Å². The molecule has 0 saturated carbocycles. The van der Waals surface area contributed by atoms with E-state index >= 15 is 0 Å². The second-order valence-corrected chi connectivity index (χ2v) is 5.07. The summed E-state index contributed by atoms with van der Waals surface area (Å²) in [7, 11) is 0. The second kappa shape index (κ2) is 5.05. The van der Waals surface area contributed by atoms with E-state index in [4.69, 9.17) is 11.6 Å². The molecule has 1 amide bonds.